The van der Waals surface area contributed by atoms with Crippen molar-refractivity contribution in [2.24, 2.45) is 0 Å². The average molecular weight is 242 g/mol. The average Bonchev–Trinajstić information content (AvgIpc) is 2.24. The predicted molar refractivity (Wildman–Crippen MR) is 66.8 cm³/mol. The highest BCUT2D eigenvalue weighted by atomic mass is 16.4. The molecule has 0 aliphatic carbocycles. The molecule has 1 atom stereocenters. The standard InChI is InChI=1S/C12H22N2O3/c1-5-7-13-12(17)10(4)14(9(2)3)8-6-11(15)16/h5,9-10H,1,6-8H2,2-4H3,(H,13,17)(H,15,16). The molecule has 0 saturated heterocycles. The SMILES string of the molecule is C=CCNC(=O)C(C)N(CCC(=O)O)C(C)C. The monoisotopic (exact) mass is 242 g/mol. The first kappa shape index (κ1) is 15.6. The van der Waals surface area contributed by atoms with Crippen LogP contribution in [0.1, 0.15) is 27.2 Å². The fourth-order valence-electron chi connectivity index (χ4n) is 1.59. The summed E-state index contributed by atoms with van der Waals surface area (Å²) < 4.78 is 0. The first-order valence-corrected chi connectivity index (χ1v) is 5.76. The number of hydrogen-bond donors (Lipinski definition) is 2. The topological polar surface area (TPSA) is 69.6 Å². The molecule has 0 bridgehead atoms. The Morgan fingerprint density at radius 2 is 2.00 bits per heavy atom. The first-order chi connectivity index (χ1) is 7.90. The number of aliphatic carboxylic acids is 1. The number of hydrogen-bond acceptors (Lipinski definition) is 3. The van der Waals surface area contributed by atoms with Gasteiger partial charge in [-0.3, -0.25) is 14.5 Å². The second kappa shape index (κ2) is 7.84. The van der Waals surface area contributed by atoms with Crippen molar-refractivity contribution in [2.75, 3.05) is 13.1 Å². The molecule has 1 amide bonds. The van der Waals surface area contributed by atoms with Crippen molar-refractivity contribution in [2.45, 2.75) is 39.3 Å². The molecule has 0 fully saturated rings. The molecule has 1 unspecified atom stereocenters. The van der Waals surface area contributed by atoms with E-state index in [1.165, 1.54) is 0 Å². The summed E-state index contributed by atoms with van der Waals surface area (Å²) in [7, 11) is 0. The summed E-state index contributed by atoms with van der Waals surface area (Å²) in [6, 6.07) is -0.215. The highest BCUT2D eigenvalue weighted by Gasteiger charge is 2.23. The molecule has 0 aromatic heterocycles. The van der Waals surface area contributed by atoms with Crippen molar-refractivity contribution in [1.82, 2.24) is 10.2 Å². The number of carboxylic acids is 1. The molecular weight excluding hydrogens is 220 g/mol. The summed E-state index contributed by atoms with van der Waals surface area (Å²) in [6.07, 6.45) is 1.65. The highest BCUT2D eigenvalue weighted by Crippen LogP contribution is 2.06. The van der Waals surface area contributed by atoms with Gasteiger partial charge < -0.3 is 10.4 Å². The van der Waals surface area contributed by atoms with Gasteiger partial charge in [-0.05, 0) is 20.8 Å². The number of carbonyl (C=O) groups is 2. The van der Waals surface area contributed by atoms with Crippen molar-refractivity contribution in [3.05, 3.63) is 12.7 Å². The van der Waals surface area contributed by atoms with Gasteiger partial charge in [-0.1, -0.05) is 6.08 Å². The number of nitrogens with one attached hydrogen (secondary N) is 1. The Morgan fingerprint density at radius 1 is 1.41 bits per heavy atom. The third-order valence-corrected chi connectivity index (χ3v) is 2.54. The van der Waals surface area contributed by atoms with Crippen molar-refractivity contribution in [3.8, 4) is 0 Å². The van der Waals surface area contributed by atoms with Crippen molar-refractivity contribution < 1.29 is 14.7 Å². The Hall–Kier alpha value is -1.36. The zero-order valence-electron chi connectivity index (χ0n) is 10.8. The van der Waals surface area contributed by atoms with Gasteiger partial charge in [0.25, 0.3) is 0 Å². The summed E-state index contributed by atoms with van der Waals surface area (Å²) in [4.78, 5) is 24.2. The van der Waals surface area contributed by atoms with E-state index >= 15 is 0 Å². The molecule has 0 aromatic rings. The minimum absolute atomic E-state index is 0.0389. The zero-order chi connectivity index (χ0) is 13.4. The van der Waals surface area contributed by atoms with Crippen LogP contribution in [0, 0.1) is 0 Å². The molecule has 0 spiro atoms. The molecule has 0 saturated carbocycles. The minimum atomic E-state index is -0.852. The highest BCUT2D eigenvalue weighted by molar-refractivity contribution is 5.81. The Balaban J connectivity index is 4.41. The van der Waals surface area contributed by atoms with Gasteiger partial charge in [-0.2, -0.15) is 0 Å². The number of amides is 1. The molecule has 0 radical (unpaired) electrons. The van der Waals surface area contributed by atoms with Crippen molar-refractivity contribution >= 4 is 11.9 Å². The Kier molecular flexibility index (Phi) is 7.21. The van der Waals surface area contributed by atoms with Gasteiger partial charge in [-0.15, -0.1) is 6.58 Å². The van der Waals surface area contributed by atoms with Crippen LogP contribution in [0.25, 0.3) is 0 Å². The van der Waals surface area contributed by atoms with E-state index in [1.54, 1.807) is 13.0 Å². The van der Waals surface area contributed by atoms with Gasteiger partial charge in [0.2, 0.25) is 5.91 Å². The van der Waals surface area contributed by atoms with E-state index in [2.05, 4.69) is 11.9 Å². The summed E-state index contributed by atoms with van der Waals surface area (Å²) in [5.74, 6) is -0.960. The fourth-order valence-corrected chi connectivity index (χ4v) is 1.59. The summed E-state index contributed by atoms with van der Waals surface area (Å²) in [6.45, 7) is 9.99. The molecule has 5 heteroatoms. The second-order valence-electron chi connectivity index (χ2n) is 4.19. The van der Waals surface area contributed by atoms with E-state index in [0.29, 0.717) is 13.1 Å². The van der Waals surface area contributed by atoms with Crippen molar-refractivity contribution in [3.63, 3.8) is 0 Å². The van der Waals surface area contributed by atoms with E-state index in [4.69, 9.17) is 5.11 Å². The summed E-state index contributed by atoms with van der Waals surface area (Å²) >= 11 is 0. The van der Waals surface area contributed by atoms with Crippen LogP contribution in [0.15, 0.2) is 12.7 Å². The van der Waals surface area contributed by atoms with Gasteiger partial charge in [0.05, 0.1) is 12.5 Å². The van der Waals surface area contributed by atoms with Crippen LogP contribution in [0.2, 0.25) is 0 Å². The molecule has 0 aliphatic rings. The van der Waals surface area contributed by atoms with Crippen LogP contribution in [-0.4, -0.2) is 47.1 Å². The maximum atomic E-state index is 11.7. The van der Waals surface area contributed by atoms with Crippen LogP contribution in [0.4, 0.5) is 0 Å². The molecule has 2 N–H and O–H groups in total. The zero-order valence-corrected chi connectivity index (χ0v) is 10.8. The lowest BCUT2D eigenvalue weighted by Crippen LogP contribution is -2.48. The quantitative estimate of drug-likeness (QED) is 0.619. The molecular formula is C12H22N2O3. The number of carboxylic acid groups (broad SMARTS) is 1. The number of carbonyl (C=O) groups excluding carboxylic acids is 1. The van der Waals surface area contributed by atoms with Gasteiger partial charge in [0, 0.05) is 19.1 Å². The predicted octanol–water partition coefficient (Wildman–Crippen LogP) is 0.862. The second-order valence-corrected chi connectivity index (χ2v) is 4.19. The lowest BCUT2D eigenvalue weighted by Gasteiger charge is -2.31. The minimum Gasteiger partial charge on any atom is -0.481 e. The van der Waals surface area contributed by atoms with Crippen LogP contribution in [0.3, 0.4) is 0 Å². The molecule has 0 heterocycles. The van der Waals surface area contributed by atoms with Gasteiger partial charge in [0.15, 0.2) is 0 Å². The van der Waals surface area contributed by atoms with Crippen LogP contribution < -0.4 is 5.32 Å². The van der Waals surface area contributed by atoms with E-state index in [-0.39, 0.29) is 24.4 Å². The summed E-state index contributed by atoms with van der Waals surface area (Å²) in [5.41, 5.74) is 0. The molecule has 5 nitrogen and oxygen atoms in total. The maximum Gasteiger partial charge on any atom is 0.304 e. The smallest absolute Gasteiger partial charge is 0.304 e. The van der Waals surface area contributed by atoms with Gasteiger partial charge in [-0.25, -0.2) is 0 Å². The van der Waals surface area contributed by atoms with Gasteiger partial charge in [0.1, 0.15) is 0 Å². The summed E-state index contributed by atoms with van der Waals surface area (Å²) in [5, 5.41) is 11.4. The van der Waals surface area contributed by atoms with E-state index in [0.717, 1.165) is 0 Å². The number of nitrogens with zero attached hydrogens (tertiary/aromatic N) is 1. The van der Waals surface area contributed by atoms with E-state index in [9.17, 15) is 9.59 Å². The normalized spacial score (nSPS) is 12.5. The molecule has 0 rings (SSSR count). The van der Waals surface area contributed by atoms with E-state index < -0.39 is 5.97 Å². The fraction of sp³-hybridized carbons (Fsp3) is 0.667. The maximum absolute atomic E-state index is 11.7. The van der Waals surface area contributed by atoms with E-state index in [1.807, 2.05) is 18.7 Å². The third kappa shape index (κ3) is 6.06. The largest absolute Gasteiger partial charge is 0.481 e. The van der Waals surface area contributed by atoms with Crippen LogP contribution in [0.5, 0.6) is 0 Å². The van der Waals surface area contributed by atoms with Crippen molar-refractivity contribution in [1.29, 1.82) is 0 Å². The van der Waals surface area contributed by atoms with Crippen LogP contribution in [-0.2, 0) is 9.59 Å². The Morgan fingerprint density at radius 3 is 2.41 bits per heavy atom. The Bertz CT molecular complexity index is 277. The first-order valence-electron chi connectivity index (χ1n) is 5.76. The van der Waals surface area contributed by atoms with Gasteiger partial charge >= 0.3 is 5.97 Å². The molecule has 17 heavy (non-hydrogen) atoms. The molecule has 0 aromatic carbocycles. The molecule has 0 aliphatic heterocycles. The lowest BCUT2D eigenvalue weighted by atomic mass is 10.2. The van der Waals surface area contributed by atoms with Crippen LogP contribution >= 0.6 is 0 Å². The number of rotatable bonds is 8. The molecule has 98 valence electrons. The Labute approximate surface area is 102 Å². The lowest BCUT2D eigenvalue weighted by molar-refractivity contribution is -0.138. The third-order valence-electron chi connectivity index (χ3n) is 2.54.